The van der Waals surface area contributed by atoms with Gasteiger partial charge in [-0.1, -0.05) is 6.07 Å². The van der Waals surface area contributed by atoms with Crippen LogP contribution in [0.2, 0.25) is 0 Å². The van der Waals surface area contributed by atoms with Crippen LogP contribution in [0.1, 0.15) is 33.4 Å². The van der Waals surface area contributed by atoms with Gasteiger partial charge in [0.2, 0.25) is 5.91 Å². The SMILES string of the molecule is CC(NC(=O)OC(C)(C)C)C(=O)N(C)c1cccc(-n2nc(C(F)(F)F)cc2-c2ccco2)n1. The highest BCUT2D eigenvalue weighted by atomic mass is 19.4. The van der Waals surface area contributed by atoms with E-state index in [1.165, 1.54) is 55.5 Å². The Balaban J connectivity index is 1.88. The third kappa shape index (κ3) is 5.74. The van der Waals surface area contributed by atoms with Crippen LogP contribution in [0.4, 0.5) is 23.8 Å². The van der Waals surface area contributed by atoms with Crippen LogP contribution < -0.4 is 10.2 Å². The first kappa shape index (κ1) is 24.8. The Labute approximate surface area is 193 Å². The van der Waals surface area contributed by atoms with E-state index in [0.717, 1.165) is 10.7 Å². The van der Waals surface area contributed by atoms with Crippen molar-refractivity contribution in [2.75, 3.05) is 11.9 Å². The van der Waals surface area contributed by atoms with Gasteiger partial charge in [0.15, 0.2) is 17.3 Å². The third-order valence-corrected chi connectivity index (χ3v) is 4.49. The molecule has 34 heavy (non-hydrogen) atoms. The lowest BCUT2D eigenvalue weighted by Gasteiger charge is -2.24. The van der Waals surface area contributed by atoms with Gasteiger partial charge < -0.3 is 14.5 Å². The predicted octanol–water partition coefficient (Wildman–Crippen LogP) is 4.42. The Bertz CT molecular complexity index is 1170. The molecule has 2 amide bonds. The van der Waals surface area contributed by atoms with Gasteiger partial charge in [0.1, 0.15) is 23.2 Å². The normalized spacial score (nSPS) is 12.8. The largest absolute Gasteiger partial charge is 0.463 e. The van der Waals surface area contributed by atoms with Gasteiger partial charge in [0.25, 0.3) is 0 Å². The number of anilines is 1. The number of hydrogen-bond acceptors (Lipinski definition) is 6. The predicted molar refractivity (Wildman–Crippen MR) is 116 cm³/mol. The number of carbonyl (C=O) groups excluding carboxylic acids is 2. The quantitative estimate of drug-likeness (QED) is 0.581. The average molecular weight is 479 g/mol. The standard InChI is InChI=1S/C22H24F3N5O4/c1-13(26-20(32)34-21(2,3)4)19(31)29(5)17-9-6-10-18(27-17)30-14(15-8-7-11-33-15)12-16(28-30)22(23,24)25/h6-13H,1-5H3,(H,26,32). The van der Waals surface area contributed by atoms with Crippen molar-refractivity contribution in [3.63, 3.8) is 0 Å². The van der Waals surface area contributed by atoms with Gasteiger partial charge >= 0.3 is 12.3 Å². The number of alkyl carbamates (subject to hydrolysis) is 1. The Morgan fingerprint density at radius 2 is 1.88 bits per heavy atom. The van der Waals surface area contributed by atoms with Gasteiger partial charge in [-0.05, 0) is 52.0 Å². The molecule has 9 nitrogen and oxygen atoms in total. The molecule has 0 aliphatic heterocycles. The minimum Gasteiger partial charge on any atom is -0.463 e. The van der Waals surface area contributed by atoms with Crippen molar-refractivity contribution in [2.24, 2.45) is 0 Å². The fourth-order valence-electron chi connectivity index (χ4n) is 2.96. The van der Waals surface area contributed by atoms with Crippen LogP contribution in [0.25, 0.3) is 17.3 Å². The van der Waals surface area contributed by atoms with Gasteiger partial charge in [-0.15, -0.1) is 0 Å². The number of amides is 2. The third-order valence-electron chi connectivity index (χ3n) is 4.49. The molecule has 3 aromatic rings. The van der Waals surface area contributed by atoms with Crippen molar-refractivity contribution in [1.82, 2.24) is 20.1 Å². The maximum atomic E-state index is 13.3. The molecule has 1 unspecified atom stereocenters. The highest BCUT2D eigenvalue weighted by Crippen LogP contribution is 2.33. The molecule has 0 saturated carbocycles. The molecule has 0 bridgehead atoms. The average Bonchev–Trinajstić information content (AvgIpc) is 3.40. The van der Waals surface area contributed by atoms with Crippen molar-refractivity contribution < 1.29 is 31.9 Å². The first-order valence-electron chi connectivity index (χ1n) is 10.2. The molecule has 0 aliphatic rings. The van der Waals surface area contributed by atoms with E-state index in [1.54, 1.807) is 20.8 Å². The summed E-state index contributed by atoms with van der Waals surface area (Å²) in [6, 6.07) is 7.41. The molecule has 0 saturated heterocycles. The molecule has 0 radical (unpaired) electrons. The lowest BCUT2D eigenvalue weighted by atomic mass is 10.2. The van der Waals surface area contributed by atoms with Crippen LogP contribution in [0.15, 0.2) is 47.1 Å². The summed E-state index contributed by atoms with van der Waals surface area (Å²) in [4.78, 5) is 30.3. The zero-order chi connectivity index (χ0) is 25.3. The van der Waals surface area contributed by atoms with Crippen molar-refractivity contribution in [1.29, 1.82) is 0 Å². The number of ether oxygens (including phenoxy) is 1. The number of carbonyl (C=O) groups is 2. The summed E-state index contributed by atoms with van der Waals surface area (Å²) in [6.45, 7) is 6.55. The Hall–Kier alpha value is -3.83. The van der Waals surface area contributed by atoms with E-state index in [1.807, 2.05) is 0 Å². The van der Waals surface area contributed by atoms with Crippen molar-refractivity contribution in [3.05, 3.63) is 48.4 Å². The molecule has 12 heteroatoms. The first-order valence-corrected chi connectivity index (χ1v) is 10.2. The van der Waals surface area contributed by atoms with E-state index >= 15 is 0 Å². The fraction of sp³-hybridized carbons (Fsp3) is 0.364. The molecule has 0 aromatic carbocycles. The van der Waals surface area contributed by atoms with Crippen LogP contribution in [0.3, 0.4) is 0 Å². The summed E-state index contributed by atoms with van der Waals surface area (Å²) in [5.41, 5.74) is -1.82. The van der Waals surface area contributed by atoms with Gasteiger partial charge in [0, 0.05) is 13.1 Å². The summed E-state index contributed by atoms with van der Waals surface area (Å²) < 4.78 is 51.4. The lowest BCUT2D eigenvalue weighted by Crippen LogP contribution is -2.47. The van der Waals surface area contributed by atoms with Gasteiger partial charge in [-0.2, -0.15) is 18.3 Å². The molecule has 182 valence electrons. The first-order chi connectivity index (χ1) is 15.8. The highest BCUT2D eigenvalue weighted by Gasteiger charge is 2.36. The van der Waals surface area contributed by atoms with Crippen molar-refractivity contribution in [2.45, 2.75) is 45.5 Å². The van der Waals surface area contributed by atoms with Crippen LogP contribution in [0, 0.1) is 0 Å². The number of pyridine rings is 1. The topological polar surface area (TPSA) is 102 Å². The Morgan fingerprint density at radius 1 is 1.18 bits per heavy atom. The number of furan rings is 1. The van der Waals surface area contributed by atoms with E-state index in [0.29, 0.717) is 0 Å². The number of aromatic nitrogens is 3. The van der Waals surface area contributed by atoms with Crippen molar-refractivity contribution in [3.8, 4) is 17.3 Å². The highest BCUT2D eigenvalue weighted by molar-refractivity contribution is 5.97. The summed E-state index contributed by atoms with van der Waals surface area (Å²) in [7, 11) is 1.43. The second-order valence-corrected chi connectivity index (χ2v) is 8.42. The minimum atomic E-state index is -4.68. The fourth-order valence-corrected chi connectivity index (χ4v) is 2.96. The minimum absolute atomic E-state index is 0.0341. The van der Waals surface area contributed by atoms with Crippen LogP contribution in [-0.4, -0.2) is 45.5 Å². The van der Waals surface area contributed by atoms with Gasteiger partial charge in [-0.3, -0.25) is 9.69 Å². The maximum absolute atomic E-state index is 13.3. The number of rotatable bonds is 5. The lowest BCUT2D eigenvalue weighted by molar-refractivity contribution is -0.141. The van der Waals surface area contributed by atoms with E-state index in [9.17, 15) is 22.8 Å². The zero-order valence-electron chi connectivity index (χ0n) is 19.2. The second-order valence-electron chi connectivity index (χ2n) is 8.42. The number of halogens is 3. The van der Waals surface area contributed by atoms with Crippen LogP contribution >= 0.6 is 0 Å². The van der Waals surface area contributed by atoms with Gasteiger partial charge in [0.05, 0.1) is 6.26 Å². The number of nitrogens with one attached hydrogen (secondary N) is 1. The van der Waals surface area contributed by atoms with Crippen LogP contribution in [-0.2, 0) is 15.7 Å². The van der Waals surface area contributed by atoms with Crippen molar-refractivity contribution >= 4 is 17.8 Å². The molecule has 1 N–H and O–H groups in total. The van der Waals surface area contributed by atoms with E-state index < -0.39 is 35.5 Å². The molecule has 1 atom stereocenters. The number of likely N-dealkylation sites (N-methyl/N-ethyl adjacent to an activating group) is 1. The van der Waals surface area contributed by atoms with Crippen LogP contribution in [0.5, 0.6) is 0 Å². The molecule has 0 aliphatic carbocycles. The molecule has 3 heterocycles. The van der Waals surface area contributed by atoms with E-state index in [4.69, 9.17) is 9.15 Å². The molecular formula is C22H24F3N5O4. The Kier molecular flexibility index (Phi) is 6.71. The number of alkyl halides is 3. The molecule has 0 fully saturated rings. The maximum Gasteiger partial charge on any atom is 0.435 e. The smallest absolute Gasteiger partial charge is 0.435 e. The second kappa shape index (κ2) is 9.20. The molecule has 3 aromatic heterocycles. The zero-order valence-corrected chi connectivity index (χ0v) is 19.2. The summed E-state index contributed by atoms with van der Waals surface area (Å²) in [5.74, 6) is -0.186. The molecular weight excluding hydrogens is 455 g/mol. The van der Waals surface area contributed by atoms with Gasteiger partial charge in [-0.25, -0.2) is 14.5 Å². The van der Waals surface area contributed by atoms with E-state index in [2.05, 4.69) is 15.4 Å². The number of hydrogen-bond donors (Lipinski definition) is 1. The number of nitrogens with zero attached hydrogens (tertiary/aromatic N) is 4. The summed E-state index contributed by atoms with van der Waals surface area (Å²) in [5, 5.41) is 6.10. The molecule has 0 spiro atoms. The molecule has 3 rings (SSSR count). The monoisotopic (exact) mass is 479 g/mol. The van der Waals surface area contributed by atoms with E-state index in [-0.39, 0.29) is 23.1 Å². The Morgan fingerprint density at radius 3 is 2.47 bits per heavy atom. The summed E-state index contributed by atoms with van der Waals surface area (Å²) in [6.07, 6.45) is -4.11. The summed E-state index contributed by atoms with van der Waals surface area (Å²) >= 11 is 0.